The van der Waals surface area contributed by atoms with Crippen LogP contribution in [0.3, 0.4) is 0 Å². The van der Waals surface area contributed by atoms with Crippen molar-refractivity contribution in [3.05, 3.63) is 64.1 Å². The van der Waals surface area contributed by atoms with Gasteiger partial charge in [0.25, 0.3) is 5.91 Å². The first-order valence-electron chi connectivity index (χ1n) is 6.45. The Morgan fingerprint density at radius 1 is 1.15 bits per heavy atom. The minimum absolute atomic E-state index is 0.108. The van der Waals surface area contributed by atoms with Crippen LogP contribution in [0, 0.1) is 0 Å². The third kappa shape index (κ3) is 3.61. The minimum atomic E-state index is -0.108. The smallest absolute Gasteiger partial charge is 0.252 e. The summed E-state index contributed by atoms with van der Waals surface area (Å²) in [6.07, 6.45) is 0. The van der Waals surface area contributed by atoms with Crippen molar-refractivity contribution in [2.45, 2.75) is 13.5 Å². The molecule has 1 amide bonds. The molecule has 4 heteroatoms. The van der Waals surface area contributed by atoms with E-state index in [0.29, 0.717) is 18.7 Å². The molecule has 0 saturated heterocycles. The van der Waals surface area contributed by atoms with Crippen LogP contribution in [-0.2, 0) is 6.54 Å². The average Bonchev–Trinajstić information content (AvgIpc) is 2.47. The number of nitrogens with one attached hydrogen (secondary N) is 1. The predicted octanol–water partition coefficient (Wildman–Crippen LogP) is 3.78. The summed E-state index contributed by atoms with van der Waals surface area (Å²) < 4.78 is 6.33. The molecule has 0 radical (unpaired) electrons. The van der Waals surface area contributed by atoms with Gasteiger partial charge in [-0.15, -0.1) is 0 Å². The van der Waals surface area contributed by atoms with Crippen LogP contribution in [0.4, 0.5) is 0 Å². The summed E-state index contributed by atoms with van der Waals surface area (Å²) in [4.78, 5) is 12.1. The van der Waals surface area contributed by atoms with E-state index < -0.39 is 0 Å². The quantitative estimate of drug-likeness (QED) is 0.904. The van der Waals surface area contributed by atoms with Gasteiger partial charge in [0.1, 0.15) is 5.75 Å². The van der Waals surface area contributed by atoms with Crippen LogP contribution < -0.4 is 10.1 Å². The minimum Gasteiger partial charge on any atom is -0.494 e. The molecule has 2 aromatic rings. The summed E-state index contributed by atoms with van der Waals surface area (Å²) >= 11 is 3.38. The third-order valence-corrected chi connectivity index (χ3v) is 3.52. The molecule has 3 nitrogen and oxygen atoms in total. The van der Waals surface area contributed by atoms with Gasteiger partial charge in [0.05, 0.1) is 12.2 Å². The summed E-state index contributed by atoms with van der Waals surface area (Å²) in [5, 5.41) is 2.91. The molecule has 0 bridgehead atoms. The van der Waals surface area contributed by atoms with Gasteiger partial charge in [0, 0.05) is 16.6 Å². The molecule has 104 valence electrons. The molecule has 0 unspecified atom stereocenters. The van der Waals surface area contributed by atoms with Crippen molar-refractivity contribution in [3.63, 3.8) is 0 Å². The fraction of sp³-hybridized carbons (Fsp3) is 0.188. The van der Waals surface area contributed by atoms with E-state index in [1.165, 1.54) is 0 Å². The molecule has 0 aliphatic heterocycles. The molecule has 0 aliphatic carbocycles. The predicted molar refractivity (Wildman–Crippen MR) is 82.9 cm³/mol. The van der Waals surface area contributed by atoms with E-state index in [1.807, 2.05) is 49.4 Å². The fourth-order valence-corrected chi connectivity index (χ4v) is 2.33. The first kappa shape index (κ1) is 14.6. The lowest BCUT2D eigenvalue weighted by Crippen LogP contribution is -2.23. The Hall–Kier alpha value is -1.81. The van der Waals surface area contributed by atoms with Crippen molar-refractivity contribution in [2.75, 3.05) is 6.61 Å². The Bertz CT molecular complexity index is 599. The molecule has 20 heavy (non-hydrogen) atoms. The van der Waals surface area contributed by atoms with Gasteiger partial charge in [-0.2, -0.15) is 0 Å². The van der Waals surface area contributed by atoms with Gasteiger partial charge >= 0.3 is 0 Å². The van der Waals surface area contributed by atoms with Crippen molar-refractivity contribution in [1.82, 2.24) is 5.32 Å². The number of amides is 1. The molecule has 2 rings (SSSR count). The van der Waals surface area contributed by atoms with Crippen molar-refractivity contribution in [1.29, 1.82) is 0 Å². The van der Waals surface area contributed by atoms with Gasteiger partial charge in [0.15, 0.2) is 0 Å². The largest absolute Gasteiger partial charge is 0.494 e. The molecule has 0 saturated carbocycles. The normalized spacial score (nSPS) is 10.1. The van der Waals surface area contributed by atoms with Gasteiger partial charge in [-0.05, 0) is 41.1 Å². The van der Waals surface area contributed by atoms with E-state index in [2.05, 4.69) is 21.2 Å². The highest BCUT2D eigenvalue weighted by molar-refractivity contribution is 9.10. The molecule has 0 spiro atoms. The zero-order valence-corrected chi connectivity index (χ0v) is 12.8. The van der Waals surface area contributed by atoms with Gasteiger partial charge in [-0.25, -0.2) is 0 Å². The monoisotopic (exact) mass is 333 g/mol. The van der Waals surface area contributed by atoms with Crippen LogP contribution in [0.5, 0.6) is 5.75 Å². The Morgan fingerprint density at radius 3 is 2.60 bits per heavy atom. The van der Waals surface area contributed by atoms with E-state index in [4.69, 9.17) is 4.74 Å². The molecule has 0 aliphatic rings. The third-order valence-electron chi connectivity index (χ3n) is 2.83. The first-order valence-corrected chi connectivity index (χ1v) is 7.25. The van der Waals surface area contributed by atoms with E-state index >= 15 is 0 Å². The highest BCUT2D eigenvalue weighted by Crippen LogP contribution is 2.19. The molecule has 2 aromatic carbocycles. The van der Waals surface area contributed by atoms with Crippen LogP contribution in [0.15, 0.2) is 53.0 Å². The molecular formula is C16H16BrNO2. The van der Waals surface area contributed by atoms with Crippen LogP contribution >= 0.6 is 15.9 Å². The number of carbonyl (C=O) groups is 1. The highest BCUT2D eigenvalue weighted by Gasteiger charge is 2.10. The maximum Gasteiger partial charge on any atom is 0.252 e. The Kier molecular flexibility index (Phi) is 5.18. The molecular weight excluding hydrogens is 318 g/mol. The summed E-state index contributed by atoms with van der Waals surface area (Å²) in [7, 11) is 0. The number of carbonyl (C=O) groups excluding carboxylic acids is 1. The van der Waals surface area contributed by atoms with E-state index in [9.17, 15) is 4.79 Å². The van der Waals surface area contributed by atoms with Gasteiger partial charge < -0.3 is 10.1 Å². The topological polar surface area (TPSA) is 38.3 Å². The number of hydrogen-bond donors (Lipinski definition) is 1. The van der Waals surface area contributed by atoms with Crippen molar-refractivity contribution in [3.8, 4) is 5.75 Å². The Morgan fingerprint density at radius 2 is 1.85 bits per heavy atom. The second kappa shape index (κ2) is 7.10. The first-order chi connectivity index (χ1) is 9.72. The molecule has 0 atom stereocenters. The zero-order valence-electron chi connectivity index (χ0n) is 11.2. The van der Waals surface area contributed by atoms with Gasteiger partial charge in [-0.1, -0.05) is 30.3 Å². The second-order valence-electron chi connectivity index (χ2n) is 4.20. The van der Waals surface area contributed by atoms with Crippen LogP contribution in [0.1, 0.15) is 22.8 Å². The van der Waals surface area contributed by atoms with E-state index in [0.717, 1.165) is 15.8 Å². The summed E-state index contributed by atoms with van der Waals surface area (Å²) in [5.41, 5.74) is 1.59. The molecule has 1 N–H and O–H groups in total. The highest BCUT2D eigenvalue weighted by atomic mass is 79.9. The maximum absolute atomic E-state index is 12.1. The van der Waals surface area contributed by atoms with Crippen LogP contribution in [-0.4, -0.2) is 12.5 Å². The second-order valence-corrected chi connectivity index (χ2v) is 5.06. The number of halogens is 1. The Balaban J connectivity index is 2.06. The van der Waals surface area contributed by atoms with Crippen molar-refractivity contribution < 1.29 is 9.53 Å². The lowest BCUT2D eigenvalue weighted by Gasteiger charge is -2.11. The lowest BCUT2D eigenvalue weighted by molar-refractivity contribution is 0.0950. The number of hydrogen-bond acceptors (Lipinski definition) is 2. The summed E-state index contributed by atoms with van der Waals surface area (Å²) in [6, 6.07) is 15.1. The lowest BCUT2D eigenvalue weighted by atomic mass is 10.1. The number of benzene rings is 2. The molecule has 0 fully saturated rings. The number of para-hydroxylation sites is 1. The SMILES string of the molecule is CCOc1ccccc1CNC(=O)c1ccccc1Br. The zero-order chi connectivity index (χ0) is 14.4. The van der Waals surface area contributed by atoms with Crippen LogP contribution in [0.2, 0.25) is 0 Å². The molecule has 0 heterocycles. The van der Waals surface area contributed by atoms with Crippen molar-refractivity contribution in [2.24, 2.45) is 0 Å². The maximum atomic E-state index is 12.1. The summed E-state index contributed by atoms with van der Waals surface area (Å²) in [6.45, 7) is 2.99. The standard InChI is InChI=1S/C16H16BrNO2/c1-2-20-15-10-6-3-7-12(15)11-18-16(19)13-8-4-5-9-14(13)17/h3-10H,2,11H2,1H3,(H,18,19). The number of rotatable bonds is 5. The van der Waals surface area contributed by atoms with Crippen LogP contribution in [0.25, 0.3) is 0 Å². The van der Waals surface area contributed by atoms with E-state index in [1.54, 1.807) is 6.07 Å². The van der Waals surface area contributed by atoms with Gasteiger partial charge in [0.2, 0.25) is 0 Å². The fourth-order valence-electron chi connectivity index (χ4n) is 1.86. The average molecular weight is 334 g/mol. The Labute approximate surface area is 127 Å². The molecule has 0 aromatic heterocycles. The van der Waals surface area contributed by atoms with Crippen molar-refractivity contribution >= 4 is 21.8 Å². The van der Waals surface area contributed by atoms with Gasteiger partial charge in [-0.3, -0.25) is 4.79 Å². The number of ether oxygens (including phenoxy) is 1. The summed E-state index contributed by atoms with van der Waals surface area (Å²) in [5.74, 6) is 0.700. The van der Waals surface area contributed by atoms with E-state index in [-0.39, 0.29) is 5.91 Å².